The second kappa shape index (κ2) is 10.0. The van der Waals surface area contributed by atoms with Gasteiger partial charge in [-0.1, -0.05) is 42.0 Å². The molecule has 3 aromatic carbocycles. The van der Waals surface area contributed by atoms with E-state index in [9.17, 15) is 13.2 Å². The maximum Gasteiger partial charge on any atom is 0.263 e. The van der Waals surface area contributed by atoms with E-state index < -0.39 is 10.0 Å². The molecule has 0 atom stereocenters. The number of rotatable bonds is 6. The quantitative estimate of drug-likeness (QED) is 0.296. The van der Waals surface area contributed by atoms with Crippen LogP contribution in [-0.2, 0) is 10.0 Å². The molecule has 0 saturated heterocycles. The predicted octanol–water partition coefficient (Wildman–Crippen LogP) is 5.67. The highest BCUT2D eigenvalue weighted by molar-refractivity contribution is 7.92. The van der Waals surface area contributed by atoms with E-state index in [1.54, 1.807) is 38.1 Å². The normalized spacial score (nSPS) is 11.3. The van der Waals surface area contributed by atoms with Crippen LogP contribution < -0.4 is 10.0 Å². The van der Waals surface area contributed by atoms with Crippen LogP contribution in [-0.4, -0.2) is 29.3 Å². The third-order valence-corrected chi connectivity index (χ3v) is 7.27. The average molecular weight is 524 g/mol. The number of hydrogen-bond donors (Lipinski definition) is 2. The Morgan fingerprint density at radius 3 is 2.29 bits per heavy atom. The molecule has 0 aliphatic rings. The minimum Gasteiger partial charge on any atom is -0.322 e. The lowest BCUT2D eigenvalue weighted by Gasteiger charge is -2.12. The molecule has 0 fully saturated rings. The number of carbonyl (C=O) groups is 1. The fourth-order valence-corrected chi connectivity index (χ4v) is 5.19. The number of hydrogen-bond acceptors (Lipinski definition) is 6. The zero-order valence-electron chi connectivity index (χ0n) is 21.1. The number of nitrogens with zero attached hydrogens (tertiary/aromatic N) is 3. The summed E-state index contributed by atoms with van der Waals surface area (Å²) in [5, 5.41) is 3.60. The Morgan fingerprint density at radius 2 is 1.55 bits per heavy atom. The maximum atomic E-state index is 13.4. The van der Waals surface area contributed by atoms with Crippen molar-refractivity contribution in [2.45, 2.75) is 25.7 Å². The lowest BCUT2D eigenvalue weighted by molar-refractivity contribution is 0.102. The predicted molar refractivity (Wildman–Crippen MR) is 149 cm³/mol. The fraction of sp³-hybridized carbons (Fsp3) is 0.103. The molecule has 8 nitrogen and oxygen atoms in total. The van der Waals surface area contributed by atoms with Crippen LogP contribution in [0.4, 0.5) is 11.5 Å². The molecule has 38 heavy (non-hydrogen) atoms. The number of nitrogens with one attached hydrogen (secondary N) is 2. The number of amides is 1. The van der Waals surface area contributed by atoms with E-state index in [1.807, 2.05) is 55.5 Å². The minimum atomic E-state index is -3.87. The highest BCUT2D eigenvalue weighted by Crippen LogP contribution is 2.26. The Morgan fingerprint density at radius 1 is 0.789 bits per heavy atom. The molecule has 0 aliphatic heterocycles. The van der Waals surface area contributed by atoms with E-state index in [0.717, 1.165) is 16.5 Å². The molecule has 2 N–H and O–H groups in total. The summed E-state index contributed by atoms with van der Waals surface area (Å²) in [5.41, 5.74) is 5.00. The van der Waals surface area contributed by atoms with Crippen LogP contribution in [0.3, 0.4) is 0 Å². The molecule has 0 radical (unpaired) electrons. The van der Waals surface area contributed by atoms with Crippen molar-refractivity contribution in [1.29, 1.82) is 0 Å². The summed E-state index contributed by atoms with van der Waals surface area (Å²) in [6.45, 7) is 5.46. The second-order valence-corrected chi connectivity index (χ2v) is 10.6. The van der Waals surface area contributed by atoms with Gasteiger partial charge in [-0.3, -0.25) is 9.52 Å². The van der Waals surface area contributed by atoms with Crippen LogP contribution in [0.15, 0.2) is 89.8 Å². The lowest BCUT2D eigenvalue weighted by atomic mass is 10.0. The molecule has 0 spiro atoms. The van der Waals surface area contributed by atoms with E-state index in [2.05, 4.69) is 20.0 Å². The van der Waals surface area contributed by atoms with Crippen molar-refractivity contribution in [2.24, 2.45) is 0 Å². The van der Waals surface area contributed by atoms with Gasteiger partial charge in [0.15, 0.2) is 0 Å². The number of benzene rings is 3. The summed E-state index contributed by atoms with van der Waals surface area (Å²) in [4.78, 5) is 26.5. The second-order valence-electron chi connectivity index (χ2n) is 8.97. The van der Waals surface area contributed by atoms with Gasteiger partial charge in [-0.2, -0.15) is 0 Å². The number of sulfonamides is 1. The van der Waals surface area contributed by atoms with Crippen LogP contribution in [0.1, 0.15) is 27.4 Å². The molecular weight excluding hydrogens is 498 g/mol. The molecule has 190 valence electrons. The number of fused-ring (bicyclic) bond motifs is 1. The molecule has 1 amide bonds. The highest BCUT2D eigenvalue weighted by Gasteiger charge is 2.17. The maximum absolute atomic E-state index is 13.4. The van der Waals surface area contributed by atoms with Gasteiger partial charge in [0.25, 0.3) is 15.9 Å². The number of aromatic nitrogens is 3. The molecular formula is C29H25N5O3S. The summed E-state index contributed by atoms with van der Waals surface area (Å²) in [7, 11) is -3.87. The number of pyridine rings is 1. The van der Waals surface area contributed by atoms with Crippen molar-refractivity contribution < 1.29 is 13.2 Å². The van der Waals surface area contributed by atoms with Crippen LogP contribution in [0.2, 0.25) is 0 Å². The van der Waals surface area contributed by atoms with Crippen molar-refractivity contribution in [3.05, 3.63) is 108 Å². The van der Waals surface area contributed by atoms with Crippen LogP contribution in [0.25, 0.3) is 22.2 Å². The SMILES string of the molecule is Cc1cccc(-c2cc(C(=O)Nc3ccc(S(=O)(=O)Nc4cc(C)nc(C)n4)cc3)c3ccccc3n2)c1. The Labute approximate surface area is 220 Å². The zero-order chi connectivity index (χ0) is 26.9. The molecule has 5 rings (SSSR count). The Bertz CT molecular complexity index is 1760. The Hall–Kier alpha value is -4.63. The van der Waals surface area contributed by atoms with E-state index >= 15 is 0 Å². The third-order valence-electron chi connectivity index (χ3n) is 5.90. The summed E-state index contributed by atoms with van der Waals surface area (Å²) >= 11 is 0. The minimum absolute atomic E-state index is 0.0421. The fourth-order valence-electron chi connectivity index (χ4n) is 4.20. The van der Waals surface area contributed by atoms with E-state index in [0.29, 0.717) is 34.0 Å². The average Bonchev–Trinajstić information content (AvgIpc) is 2.87. The number of aryl methyl sites for hydroxylation is 3. The van der Waals surface area contributed by atoms with Crippen LogP contribution >= 0.6 is 0 Å². The van der Waals surface area contributed by atoms with Crippen molar-refractivity contribution in [2.75, 3.05) is 10.0 Å². The number of anilines is 2. The monoisotopic (exact) mass is 523 g/mol. The molecule has 9 heteroatoms. The molecule has 0 bridgehead atoms. The Balaban J connectivity index is 1.41. The van der Waals surface area contributed by atoms with Crippen molar-refractivity contribution in [1.82, 2.24) is 15.0 Å². The van der Waals surface area contributed by atoms with E-state index in [1.165, 1.54) is 12.1 Å². The summed E-state index contributed by atoms with van der Waals surface area (Å²) in [6.07, 6.45) is 0. The van der Waals surface area contributed by atoms with Crippen molar-refractivity contribution in [3.8, 4) is 11.3 Å². The number of para-hydroxylation sites is 1. The smallest absolute Gasteiger partial charge is 0.263 e. The molecule has 0 aliphatic carbocycles. The third kappa shape index (κ3) is 5.37. The summed E-state index contributed by atoms with van der Waals surface area (Å²) in [6, 6.07) is 24.7. The van der Waals surface area contributed by atoms with E-state index in [4.69, 9.17) is 4.98 Å². The summed E-state index contributed by atoms with van der Waals surface area (Å²) in [5.74, 6) is 0.342. The highest BCUT2D eigenvalue weighted by atomic mass is 32.2. The van der Waals surface area contributed by atoms with Gasteiger partial charge in [0, 0.05) is 28.4 Å². The van der Waals surface area contributed by atoms with Crippen molar-refractivity contribution >= 4 is 38.3 Å². The molecule has 0 saturated carbocycles. The zero-order valence-corrected chi connectivity index (χ0v) is 21.9. The topological polar surface area (TPSA) is 114 Å². The van der Waals surface area contributed by atoms with Crippen molar-refractivity contribution in [3.63, 3.8) is 0 Å². The van der Waals surface area contributed by atoms with E-state index in [-0.39, 0.29) is 16.6 Å². The number of carbonyl (C=O) groups excluding carboxylic acids is 1. The van der Waals surface area contributed by atoms with Crippen LogP contribution in [0.5, 0.6) is 0 Å². The Kier molecular flexibility index (Phi) is 6.61. The van der Waals surface area contributed by atoms with Gasteiger partial charge in [-0.15, -0.1) is 0 Å². The molecule has 0 unspecified atom stereocenters. The van der Waals surface area contributed by atoms with Crippen LogP contribution in [0, 0.1) is 20.8 Å². The first-order valence-electron chi connectivity index (χ1n) is 11.9. The first kappa shape index (κ1) is 25.0. The first-order chi connectivity index (χ1) is 18.2. The molecule has 5 aromatic rings. The lowest BCUT2D eigenvalue weighted by Crippen LogP contribution is -2.15. The van der Waals surface area contributed by atoms with Gasteiger partial charge in [0.1, 0.15) is 11.6 Å². The van der Waals surface area contributed by atoms with Gasteiger partial charge in [0.2, 0.25) is 0 Å². The standard InChI is InChI=1S/C29H25N5O3S/c1-18-7-6-8-21(15-18)27-17-25(24-9-4-5-10-26(24)33-27)29(35)32-22-11-13-23(14-12-22)38(36,37)34-28-16-19(2)30-20(3)31-28/h4-17H,1-3H3,(H,32,35)(H,30,31,34). The largest absolute Gasteiger partial charge is 0.322 e. The van der Waals surface area contributed by atoms with Gasteiger partial charge < -0.3 is 5.32 Å². The molecule has 2 heterocycles. The van der Waals surface area contributed by atoms with Gasteiger partial charge >= 0.3 is 0 Å². The van der Waals surface area contributed by atoms with Gasteiger partial charge in [-0.25, -0.2) is 23.4 Å². The van der Waals surface area contributed by atoms with Gasteiger partial charge in [0.05, 0.1) is 21.7 Å². The summed E-state index contributed by atoms with van der Waals surface area (Å²) < 4.78 is 28.2. The first-order valence-corrected chi connectivity index (χ1v) is 13.4. The molecule has 2 aromatic heterocycles. The van der Waals surface area contributed by atoms with Gasteiger partial charge in [-0.05, 0) is 63.2 Å².